The SMILES string of the molecule is CN1C(=O)C(NC(=S)Nc2cccc3c2-c2ccccc2C3=O)N=C(c2ccccc2Cl)c2cc(Cl)ccc21. The average molecular weight is 571 g/mol. The number of aliphatic imine (C=N–C) groups is 1. The van der Waals surface area contributed by atoms with Crippen molar-refractivity contribution in [2.24, 2.45) is 4.99 Å². The third kappa shape index (κ3) is 4.38. The Bertz CT molecular complexity index is 1740. The van der Waals surface area contributed by atoms with E-state index in [1.54, 1.807) is 43.4 Å². The van der Waals surface area contributed by atoms with Crippen LogP contribution in [0.5, 0.6) is 0 Å². The maximum Gasteiger partial charge on any atom is 0.272 e. The van der Waals surface area contributed by atoms with Gasteiger partial charge in [0.1, 0.15) is 0 Å². The van der Waals surface area contributed by atoms with Crippen molar-refractivity contribution in [3.8, 4) is 11.1 Å². The first-order valence-electron chi connectivity index (χ1n) is 12.1. The van der Waals surface area contributed by atoms with Crippen LogP contribution in [0.25, 0.3) is 11.1 Å². The first kappa shape index (κ1) is 25.2. The molecule has 6 nitrogen and oxygen atoms in total. The van der Waals surface area contributed by atoms with E-state index in [1.807, 2.05) is 48.5 Å². The number of rotatable bonds is 3. The van der Waals surface area contributed by atoms with Crippen LogP contribution < -0.4 is 15.5 Å². The van der Waals surface area contributed by atoms with Crippen molar-refractivity contribution in [1.29, 1.82) is 0 Å². The molecule has 4 aromatic carbocycles. The van der Waals surface area contributed by atoms with Crippen LogP contribution in [0.15, 0.2) is 89.9 Å². The van der Waals surface area contributed by atoms with E-state index in [4.69, 9.17) is 40.4 Å². The number of amides is 1. The smallest absolute Gasteiger partial charge is 0.272 e. The second-order valence-electron chi connectivity index (χ2n) is 9.12. The third-order valence-corrected chi connectivity index (χ3v) is 7.58. The molecule has 4 aromatic rings. The van der Waals surface area contributed by atoms with Crippen molar-refractivity contribution < 1.29 is 9.59 Å². The van der Waals surface area contributed by atoms with Crippen molar-refractivity contribution in [3.05, 3.63) is 117 Å². The summed E-state index contributed by atoms with van der Waals surface area (Å²) in [5.41, 5.74) is 5.99. The number of nitrogens with one attached hydrogen (secondary N) is 2. The highest BCUT2D eigenvalue weighted by molar-refractivity contribution is 7.80. The van der Waals surface area contributed by atoms with E-state index in [9.17, 15) is 9.59 Å². The number of benzodiazepines with no additional fused rings is 1. The molecule has 1 heterocycles. The molecule has 0 radical (unpaired) electrons. The van der Waals surface area contributed by atoms with Crippen LogP contribution in [-0.2, 0) is 4.79 Å². The highest BCUT2D eigenvalue weighted by Crippen LogP contribution is 2.41. The summed E-state index contributed by atoms with van der Waals surface area (Å²) in [7, 11) is 1.68. The highest BCUT2D eigenvalue weighted by Gasteiger charge is 2.32. The van der Waals surface area contributed by atoms with E-state index in [0.717, 1.165) is 11.1 Å². The lowest BCUT2D eigenvalue weighted by Crippen LogP contribution is -2.47. The van der Waals surface area contributed by atoms with E-state index < -0.39 is 6.17 Å². The number of nitrogens with zero attached hydrogens (tertiary/aromatic N) is 2. The number of thiocarbonyl (C=S) groups is 1. The molecule has 1 unspecified atom stereocenters. The molecule has 0 spiro atoms. The standard InChI is InChI=1S/C30H20Cl2N4O2S/c1-36-24-14-13-16(31)15-21(24)26(19-9-4-5-11-22(19)32)34-28(29(36)38)35-30(39)33-23-12-6-10-20-25(23)17-7-2-3-8-18(17)27(20)37/h2-15,28H,1H3,(H2,33,35,39). The number of hydrogen-bond acceptors (Lipinski definition) is 4. The van der Waals surface area contributed by atoms with Crippen molar-refractivity contribution in [3.63, 3.8) is 0 Å². The van der Waals surface area contributed by atoms with E-state index in [-0.39, 0.29) is 16.8 Å². The highest BCUT2D eigenvalue weighted by atomic mass is 35.5. The Hall–Kier alpha value is -4.04. The van der Waals surface area contributed by atoms with Crippen LogP contribution >= 0.6 is 35.4 Å². The molecule has 1 atom stereocenters. The largest absolute Gasteiger partial charge is 0.333 e. The lowest BCUT2D eigenvalue weighted by molar-refractivity contribution is -0.119. The van der Waals surface area contributed by atoms with Gasteiger partial charge in [-0.25, -0.2) is 4.99 Å². The normalized spacial score (nSPS) is 15.6. The number of carbonyl (C=O) groups excluding carboxylic acids is 2. The van der Waals surface area contributed by atoms with Crippen molar-refractivity contribution in [2.75, 3.05) is 17.3 Å². The van der Waals surface area contributed by atoms with Crippen molar-refractivity contribution in [1.82, 2.24) is 5.32 Å². The summed E-state index contributed by atoms with van der Waals surface area (Å²) in [5, 5.41) is 7.42. The zero-order valence-electron chi connectivity index (χ0n) is 20.5. The predicted molar refractivity (Wildman–Crippen MR) is 160 cm³/mol. The maximum atomic E-state index is 13.6. The molecular weight excluding hydrogens is 551 g/mol. The van der Waals surface area contributed by atoms with Crippen LogP contribution in [0, 0.1) is 0 Å². The number of carbonyl (C=O) groups is 2. The Labute approximate surface area is 240 Å². The molecule has 6 rings (SSSR count). The van der Waals surface area contributed by atoms with Gasteiger partial charge in [0.2, 0.25) is 6.17 Å². The zero-order valence-corrected chi connectivity index (χ0v) is 22.9. The minimum absolute atomic E-state index is 0.0332. The molecular formula is C30H20Cl2N4O2S. The lowest BCUT2D eigenvalue weighted by Gasteiger charge is -2.22. The van der Waals surface area contributed by atoms with Gasteiger partial charge in [-0.2, -0.15) is 0 Å². The van der Waals surface area contributed by atoms with E-state index in [1.165, 1.54) is 4.90 Å². The van der Waals surface area contributed by atoms with Crippen LogP contribution in [0.1, 0.15) is 27.0 Å². The zero-order chi connectivity index (χ0) is 27.3. The fourth-order valence-electron chi connectivity index (χ4n) is 4.97. The molecule has 0 saturated heterocycles. The number of ketones is 1. The van der Waals surface area contributed by atoms with E-state index >= 15 is 0 Å². The fourth-order valence-corrected chi connectivity index (χ4v) is 5.59. The summed E-state index contributed by atoms with van der Waals surface area (Å²) in [6, 6.07) is 25.5. The van der Waals surface area contributed by atoms with Gasteiger partial charge < -0.3 is 15.5 Å². The molecule has 0 fully saturated rings. The van der Waals surface area contributed by atoms with Gasteiger partial charge in [0.25, 0.3) is 5.91 Å². The molecule has 2 aliphatic rings. The molecule has 1 amide bonds. The van der Waals surface area contributed by atoms with E-state index in [0.29, 0.717) is 49.4 Å². The average Bonchev–Trinajstić information content (AvgIpc) is 3.18. The Balaban J connectivity index is 1.37. The monoisotopic (exact) mass is 570 g/mol. The summed E-state index contributed by atoms with van der Waals surface area (Å²) in [4.78, 5) is 32.9. The van der Waals surface area contributed by atoms with Crippen LogP contribution in [-0.4, -0.2) is 35.7 Å². The molecule has 9 heteroatoms. The number of halogens is 2. The minimum atomic E-state index is -1.06. The molecule has 2 N–H and O–H groups in total. The molecule has 1 aliphatic heterocycles. The van der Waals surface area contributed by atoms with Gasteiger partial charge in [0.05, 0.1) is 11.4 Å². The molecule has 1 aliphatic carbocycles. The number of anilines is 2. The van der Waals surface area contributed by atoms with E-state index in [2.05, 4.69) is 10.6 Å². The first-order valence-corrected chi connectivity index (χ1v) is 13.2. The third-order valence-electron chi connectivity index (χ3n) is 6.79. The van der Waals surface area contributed by atoms with Gasteiger partial charge in [0, 0.05) is 50.6 Å². The summed E-state index contributed by atoms with van der Waals surface area (Å²) < 4.78 is 0. The molecule has 0 bridgehead atoms. The summed E-state index contributed by atoms with van der Waals surface area (Å²) in [6.07, 6.45) is -1.06. The van der Waals surface area contributed by atoms with Crippen LogP contribution in [0.4, 0.5) is 11.4 Å². The second kappa shape index (κ2) is 9.93. The molecule has 0 saturated carbocycles. The van der Waals surface area contributed by atoms with Crippen LogP contribution in [0.3, 0.4) is 0 Å². The molecule has 192 valence electrons. The van der Waals surface area contributed by atoms with Gasteiger partial charge in [-0.1, -0.05) is 77.8 Å². The summed E-state index contributed by atoms with van der Waals surface area (Å²) in [5.74, 6) is -0.349. The summed E-state index contributed by atoms with van der Waals surface area (Å²) >= 11 is 18.6. The Morgan fingerprint density at radius 3 is 2.31 bits per heavy atom. The second-order valence-corrected chi connectivity index (χ2v) is 10.4. The first-order chi connectivity index (χ1) is 18.8. The van der Waals surface area contributed by atoms with Gasteiger partial charge in [-0.3, -0.25) is 9.59 Å². The maximum absolute atomic E-state index is 13.6. The molecule has 0 aromatic heterocycles. The summed E-state index contributed by atoms with van der Waals surface area (Å²) in [6.45, 7) is 0. The van der Waals surface area contributed by atoms with Gasteiger partial charge in [-0.15, -0.1) is 0 Å². The fraction of sp³-hybridized carbons (Fsp3) is 0.0667. The Morgan fingerprint density at radius 1 is 0.846 bits per heavy atom. The van der Waals surface area contributed by atoms with Crippen LogP contribution in [0.2, 0.25) is 10.0 Å². The van der Waals surface area contributed by atoms with Crippen molar-refractivity contribution in [2.45, 2.75) is 6.17 Å². The number of benzene rings is 4. The quantitative estimate of drug-likeness (QED) is 0.248. The van der Waals surface area contributed by atoms with Gasteiger partial charge in [-0.05, 0) is 48.1 Å². The topological polar surface area (TPSA) is 73.8 Å². The van der Waals surface area contributed by atoms with Gasteiger partial charge >= 0.3 is 0 Å². The van der Waals surface area contributed by atoms with Crippen molar-refractivity contribution >= 4 is 69.3 Å². The lowest BCUT2D eigenvalue weighted by atomic mass is 10.00. The van der Waals surface area contributed by atoms with Gasteiger partial charge in [0.15, 0.2) is 10.9 Å². The molecule has 39 heavy (non-hydrogen) atoms. The Kier molecular flexibility index (Phi) is 6.43. The number of fused-ring (bicyclic) bond motifs is 4. The predicted octanol–water partition coefficient (Wildman–Crippen LogP) is 6.33. The Morgan fingerprint density at radius 2 is 1.54 bits per heavy atom. The minimum Gasteiger partial charge on any atom is -0.333 e. The number of hydrogen-bond donors (Lipinski definition) is 2. The number of likely N-dealkylation sites (N-methyl/N-ethyl adjacent to an activating group) is 1.